The van der Waals surface area contributed by atoms with Crippen molar-refractivity contribution in [1.29, 1.82) is 0 Å². The van der Waals surface area contributed by atoms with Crippen molar-refractivity contribution >= 4 is 9.84 Å². The van der Waals surface area contributed by atoms with Crippen LogP contribution in [0.3, 0.4) is 0 Å². The summed E-state index contributed by atoms with van der Waals surface area (Å²) in [5.74, 6) is 1.31. The highest BCUT2D eigenvalue weighted by Gasteiger charge is 2.15. The van der Waals surface area contributed by atoms with E-state index in [0.29, 0.717) is 6.54 Å². The number of nitrogens with zero attached hydrogens (tertiary/aromatic N) is 3. The van der Waals surface area contributed by atoms with E-state index >= 15 is 0 Å². The van der Waals surface area contributed by atoms with E-state index in [4.69, 9.17) is 0 Å². The van der Waals surface area contributed by atoms with Crippen LogP contribution in [0.4, 0.5) is 0 Å². The van der Waals surface area contributed by atoms with E-state index in [1.54, 1.807) is 0 Å². The second kappa shape index (κ2) is 5.81. The zero-order valence-corrected chi connectivity index (χ0v) is 11.5. The molecule has 0 unspecified atom stereocenters. The first-order valence-electron chi connectivity index (χ1n) is 6.15. The predicted octanol–water partition coefficient (Wildman–Crippen LogP) is -0.667. The zero-order valence-electron chi connectivity index (χ0n) is 10.7. The summed E-state index contributed by atoms with van der Waals surface area (Å²) in [6.07, 6.45) is 5.11. The summed E-state index contributed by atoms with van der Waals surface area (Å²) in [5.41, 5.74) is 0. The molecule has 1 aromatic rings. The van der Waals surface area contributed by atoms with Crippen LogP contribution < -0.4 is 5.32 Å². The zero-order chi connectivity index (χ0) is 13.0. The highest BCUT2D eigenvalue weighted by Crippen LogP contribution is 2.08. The summed E-state index contributed by atoms with van der Waals surface area (Å²) in [5, 5.41) is 3.16. The van der Waals surface area contributed by atoms with Crippen molar-refractivity contribution < 1.29 is 8.42 Å². The summed E-state index contributed by atoms with van der Waals surface area (Å²) < 4.78 is 24.1. The van der Waals surface area contributed by atoms with E-state index in [-0.39, 0.29) is 5.75 Å². The molecule has 0 aliphatic carbocycles. The van der Waals surface area contributed by atoms with Gasteiger partial charge in [0.2, 0.25) is 0 Å². The van der Waals surface area contributed by atoms with Crippen molar-refractivity contribution in [2.75, 3.05) is 38.2 Å². The lowest BCUT2D eigenvalue weighted by molar-refractivity contribution is 0.218. The second-order valence-electron chi connectivity index (χ2n) is 4.69. The number of aromatic nitrogens is 2. The molecular formula is C11H20N4O2S. The first-order chi connectivity index (χ1) is 8.54. The lowest BCUT2D eigenvalue weighted by Gasteiger charge is -2.27. The highest BCUT2D eigenvalue weighted by molar-refractivity contribution is 7.90. The minimum atomic E-state index is -2.85. The van der Waals surface area contributed by atoms with Crippen molar-refractivity contribution in [2.45, 2.75) is 13.1 Å². The minimum Gasteiger partial charge on any atom is -0.333 e. The normalized spacial score (nSPS) is 16.7. The number of hydrogen-bond acceptors (Lipinski definition) is 5. The fraction of sp³-hybridized carbons (Fsp3) is 0.727. The van der Waals surface area contributed by atoms with Gasteiger partial charge in [0, 0.05) is 51.4 Å². The maximum absolute atomic E-state index is 10.9. The number of rotatable bonds is 6. The third-order valence-electron chi connectivity index (χ3n) is 3.08. The van der Waals surface area contributed by atoms with Gasteiger partial charge < -0.3 is 9.88 Å². The van der Waals surface area contributed by atoms with Gasteiger partial charge >= 0.3 is 0 Å². The first kappa shape index (κ1) is 13.5. The number of fused-ring (bicyclic) bond motifs is 1. The standard InChI is InChI=1S/C11H20N4O2S/c1-18(16,17)9-4-12-2-5-14-7-8-15-6-3-13-11(15)10-14/h3,6,12H,2,4-5,7-10H2,1H3. The van der Waals surface area contributed by atoms with E-state index in [0.717, 1.165) is 38.5 Å². The summed E-state index contributed by atoms with van der Waals surface area (Å²) in [7, 11) is -2.85. The third kappa shape index (κ3) is 4.08. The molecular weight excluding hydrogens is 252 g/mol. The molecule has 1 aliphatic rings. The molecule has 0 aromatic carbocycles. The Hall–Kier alpha value is -0.920. The summed E-state index contributed by atoms with van der Waals surface area (Å²) in [6, 6.07) is 0. The molecule has 0 amide bonds. The van der Waals surface area contributed by atoms with E-state index in [1.807, 2.05) is 12.4 Å². The Morgan fingerprint density at radius 1 is 1.39 bits per heavy atom. The van der Waals surface area contributed by atoms with E-state index in [9.17, 15) is 8.42 Å². The van der Waals surface area contributed by atoms with E-state index in [2.05, 4.69) is 19.8 Å². The van der Waals surface area contributed by atoms with E-state index < -0.39 is 9.84 Å². The maximum Gasteiger partial charge on any atom is 0.148 e. The molecule has 102 valence electrons. The van der Waals surface area contributed by atoms with Gasteiger partial charge in [-0.15, -0.1) is 0 Å². The fourth-order valence-corrected chi connectivity index (χ4v) is 2.55. The van der Waals surface area contributed by atoms with Crippen LogP contribution in [0.15, 0.2) is 12.4 Å². The summed E-state index contributed by atoms with van der Waals surface area (Å²) in [4.78, 5) is 6.63. The monoisotopic (exact) mass is 272 g/mol. The van der Waals surface area contributed by atoms with Gasteiger partial charge in [-0.05, 0) is 0 Å². The number of sulfone groups is 1. The lowest BCUT2D eigenvalue weighted by Crippen LogP contribution is -2.38. The summed E-state index contributed by atoms with van der Waals surface area (Å²) in [6.45, 7) is 5.16. The van der Waals surface area contributed by atoms with Crippen molar-refractivity contribution in [1.82, 2.24) is 19.8 Å². The molecule has 1 aliphatic heterocycles. The fourth-order valence-electron chi connectivity index (χ4n) is 2.03. The van der Waals surface area contributed by atoms with E-state index in [1.165, 1.54) is 6.26 Å². The molecule has 18 heavy (non-hydrogen) atoms. The molecule has 0 bridgehead atoms. The lowest BCUT2D eigenvalue weighted by atomic mass is 10.3. The Balaban J connectivity index is 1.64. The number of hydrogen-bond donors (Lipinski definition) is 1. The molecule has 0 saturated carbocycles. The Kier molecular flexibility index (Phi) is 4.36. The van der Waals surface area contributed by atoms with Crippen LogP contribution in [-0.2, 0) is 22.9 Å². The maximum atomic E-state index is 10.9. The molecule has 1 aromatic heterocycles. The van der Waals surface area contributed by atoms with Crippen LogP contribution in [0.1, 0.15) is 5.82 Å². The molecule has 7 heteroatoms. The number of imidazole rings is 1. The van der Waals surface area contributed by atoms with Gasteiger partial charge in [-0.25, -0.2) is 13.4 Å². The largest absolute Gasteiger partial charge is 0.333 e. The van der Waals surface area contributed by atoms with Crippen LogP contribution >= 0.6 is 0 Å². The molecule has 1 N–H and O–H groups in total. The molecule has 0 fully saturated rings. The van der Waals surface area contributed by atoms with Gasteiger partial charge in [0.15, 0.2) is 0 Å². The van der Waals surface area contributed by atoms with Gasteiger partial charge in [0.25, 0.3) is 0 Å². The predicted molar refractivity (Wildman–Crippen MR) is 70.1 cm³/mol. The van der Waals surface area contributed by atoms with Crippen LogP contribution in [0.5, 0.6) is 0 Å². The SMILES string of the molecule is CS(=O)(=O)CCNCCN1CCn2ccnc2C1. The molecule has 0 spiro atoms. The smallest absolute Gasteiger partial charge is 0.148 e. The quantitative estimate of drug-likeness (QED) is 0.696. The van der Waals surface area contributed by atoms with Crippen molar-refractivity contribution in [3.05, 3.63) is 18.2 Å². The Labute approximate surface area is 108 Å². The molecule has 2 heterocycles. The number of nitrogens with one attached hydrogen (secondary N) is 1. The molecule has 2 rings (SSSR count). The van der Waals surface area contributed by atoms with Gasteiger partial charge in [-0.3, -0.25) is 4.90 Å². The van der Waals surface area contributed by atoms with Crippen LogP contribution in [0, 0.1) is 0 Å². The topological polar surface area (TPSA) is 67.2 Å². The Morgan fingerprint density at radius 2 is 2.22 bits per heavy atom. The van der Waals surface area contributed by atoms with Gasteiger partial charge in [-0.1, -0.05) is 0 Å². The second-order valence-corrected chi connectivity index (χ2v) is 6.95. The van der Waals surface area contributed by atoms with Gasteiger partial charge in [0.05, 0.1) is 12.3 Å². The molecule has 0 saturated heterocycles. The Morgan fingerprint density at radius 3 is 3.00 bits per heavy atom. The average molecular weight is 272 g/mol. The van der Waals surface area contributed by atoms with Crippen molar-refractivity contribution in [2.24, 2.45) is 0 Å². The minimum absolute atomic E-state index is 0.206. The van der Waals surface area contributed by atoms with Crippen molar-refractivity contribution in [3.8, 4) is 0 Å². The van der Waals surface area contributed by atoms with Crippen LogP contribution in [0.2, 0.25) is 0 Å². The Bertz CT molecular complexity index is 483. The van der Waals surface area contributed by atoms with Gasteiger partial charge in [-0.2, -0.15) is 0 Å². The highest BCUT2D eigenvalue weighted by atomic mass is 32.2. The van der Waals surface area contributed by atoms with Crippen LogP contribution in [-0.4, -0.2) is 61.1 Å². The van der Waals surface area contributed by atoms with Crippen LogP contribution in [0.25, 0.3) is 0 Å². The first-order valence-corrected chi connectivity index (χ1v) is 8.21. The molecule has 0 radical (unpaired) electrons. The summed E-state index contributed by atoms with van der Waals surface area (Å²) >= 11 is 0. The molecule has 0 atom stereocenters. The third-order valence-corrected chi connectivity index (χ3v) is 4.02. The average Bonchev–Trinajstić information content (AvgIpc) is 2.74. The van der Waals surface area contributed by atoms with Gasteiger partial charge in [0.1, 0.15) is 15.7 Å². The molecule has 6 nitrogen and oxygen atoms in total. The van der Waals surface area contributed by atoms with Crippen molar-refractivity contribution in [3.63, 3.8) is 0 Å².